The summed E-state index contributed by atoms with van der Waals surface area (Å²) in [5.41, 5.74) is 10.5. The number of anilines is 1. The van der Waals surface area contributed by atoms with Gasteiger partial charge >= 0.3 is 0 Å². The van der Waals surface area contributed by atoms with Crippen molar-refractivity contribution < 1.29 is 0 Å². The summed E-state index contributed by atoms with van der Waals surface area (Å²) in [5, 5.41) is 2.12. The van der Waals surface area contributed by atoms with E-state index < -0.39 is 0 Å². The first-order valence-electron chi connectivity index (χ1n) is 7.63. The van der Waals surface area contributed by atoms with Gasteiger partial charge in [0, 0.05) is 16.5 Å². The molecule has 1 aromatic heterocycles. The minimum Gasteiger partial charge on any atom is -0.383 e. The van der Waals surface area contributed by atoms with Crippen molar-refractivity contribution in [3.05, 3.63) is 84.9 Å². The number of nitrogens with two attached hydrogens (primary N) is 1. The number of aromatic nitrogens is 1. The first-order valence-corrected chi connectivity index (χ1v) is 7.63. The molecule has 2 heteroatoms. The van der Waals surface area contributed by atoms with Crippen molar-refractivity contribution in [2.24, 2.45) is 0 Å². The minimum absolute atomic E-state index is 0.569. The van der Waals surface area contributed by atoms with Gasteiger partial charge < -0.3 is 5.73 Å². The van der Waals surface area contributed by atoms with Crippen molar-refractivity contribution in [2.75, 3.05) is 5.73 Å². The Labute approximate surface area is 135 Å². The Morgan fingerprint density at radius 3 is 1.74 bits per heavy atom. The lowest BCUT2D eigenvalue weighted by molar-refractivity contribution is 1.36. The van der Waals surface area contributed by atoms with Crippen molar-refractivity contribution >= 4 is 16.6 Å². The van der Waals surface area contributed by atoms with Crippen molar-refractivity contribution in [3.8, 4) is 22.4 Å². The molecule has 0 saturated heterocycles. The normalized spacial score (nSPS) is 10.8. The highest BCUT2D eigenvalue weighted by molar-refractivity contribution is 6.06. The Bertz CT molecular complexity index is 961. The van der Waals surface area contributed by atoms with Gasteiger partial charge in [0.2, 0.25) is 0 Å². The minimum atomic E-state index is 0.569. The largest absolute Gasteiger partial charge is 0.383 e. The van der Waals surface area contributed by atoms with Crippen LogP contribution in [0.25, 0.3) is 33.2 Å². The molecule has 0 saturated carbocycles. The van der Waals surface area contributed by atoms with Crippen molar-refractivity contribution in [3.63, 3.8) is 0 Å². The van der Waals surface area contributed by atoms with E-state index in [4.69, 9.17) is 10.7 Å². The molecule has 2 nitrogen and oxygen atoms in total. The monoisotopic (exact) mass is 296 g/mol. The lowest BCUT2D eigenvalue weighted by Crippen LogP contribution is -1.98. The van der Waals surface area contributed by atoms with Gasteiger partial charge in [0.15, 0.2) is 0 Å². The number of nitrogen functional groups attached to an aromatic ring is 1. The predicted molar refractivity (Wildman–Crippen MR) is 97.0 cm³/mol. The van der Waals surface area contributed by atoms with E-state index in [2.05, 4.69) is 42.5 Å². The molecule has 0 aliphatic rings. The molecular weight excluding hydrogens is 280 g/mol. The lowest BCUT2D eigenvalue weighted by Gasteiger charge is -2.14. The molecule has 0 atom stereocenters. The van der Waals surface area contributed by atoms with E-state index >= 15 is 0 Å². The molecular formula is C21H16N2. The van der Waals surface area contributed by atoms with Gasteiger partial charge in [0.1, 0.15) is 5.82 Å². The molecule has 0 bridgehead atoms. The maximum atomic E-state index is 6.23. The Balaban J connectivity index is 2.14. The van der Waals surface area contributed by atoms with Gasteiger partial charge in [-0.3, -0.25) is 0 Å². The lowest BCUT2D eigenvalue weighted by atomic mass is 9.94. The Morgan fingerprint density at radius 2 is 1.09 bits per heavy atom. The summed E-state index contributed by atoms with van der Waals surface area (Å²) in [6.45, 7) is 0. The fourth-order valence-electron chi connectivity index (χ4n) is 2.99. The second-order valence-corrected chi connectivity index (χ2v) is 5.50. The molecule has 0 fully saturated rings. The molecule has 0 radical (unpaired) electrons. The average molecular weight is 296 g/mol. The molecule has 4 aromatic rings. The van der Waals surface area contributed by atoms with Crippen LogP contribution < -0.4 is 5.73 Å². The molecule has 4 rings (SSSR count). The standard InChI is InChI=1S/C21H16N2/c22-21-18-14-8-7-13-17(18)19(15-9-3-1-4-10-15)20(23-21)16-11-5-2-6-12-16/h1-14H,(H2,22,23). The van der Waals surface area contributed by atoms with Crippen LogP contribution >= 0.6 is 0 Å². The van der Waals surface area contributed by atoms with Gasteiger partial charge in [0.25, 0.3) is 0 Å². The van der Waals surface area contributed by atoms with Crippen LogP contribution in [0.3, 0.4) is 0 Å². The van der Waals surface area contributed by atoms with Crippen LogP contribution in [-0.4, -0.2) is 4.98 Å². The zero-order chi connectivity index (χ0) is 15.6. The number of fused-ring (bicyclic) bond motifs is 1. The van der Waals surface area contributed by atoms with Crippen LogP contribution in [-0.2, 0) is 0 Å². The first-order chi connectivity index (χ1) is 11.3. The summed E-state index contributed by atoms with van der Waals surface area (Å²) >= 11 is 0. The van der Waals surface area contributed by atoms with Gasteiger partial charge in [-0.05, 0) is 10.9 Å². The summed E-state index contributed by atoms with van der Waals surface area (Å²) in [7, 11) is 0. The van der Waals surface area contributed by atoms with Crippen LogP contribution in [0.4, 0.5) is 5.82 Å². The average Bonchev–Trinajstić information content (AvgIpc) is 2.63. The van der Waals surface area contributed by atoms with E-state index in [-0.39, 0.29) is 0 Å². The molecule has 2 N–H and O–H groups in total. The van der Waals surface area contributed by atoms with Gasteiger partial charge in [0.05, 0.1) is 5.69 Å². The van der Waals surface area contributed by atoms with Crippen LogP contribution in [0.5, 0.6) is 0 Å². The van der Waals surface area contributed by atoms with E-state index in [1.165, 1.54) is 0 Å². The van der Waals surface area contributed by atoms with Crippen LogP contribution in [0.1, 0.15) is 0 Å². The van der Waals surface area contributed by atoms with Crippen LogP contribution in [0, 0.1) is 0 Å². The summed E-state index contributed by atoms with van der Waals surface area (Å²) < 4.78 is 0. The second kappa shape index (κ2) is 5.58. The topological polar surface area (TPSA) is 38.9 Å². The smallest absolute Gasteiger partial charge is 0.132 e. The van der Waals surface area contributed by atoms with Gasteiger partial charge in [-0.25, -0.2) is 4.98 Å². The number of benzene rings is 3. The van der Waals surface area contributed by atoms with Crippen molar-refractivity contribution in [1.29, 1.82) is 0 Å². The van der Waals surface area contributed by atoms with Gasteiger partial charge in [-0.1, -0.05) is 84.9 Å². The van der Waals surface area contributed by atoms with Crippen LogP contribution in [0.15, 0.2) is 84.9 Å². The van der Waals surface area contributed by atoms with Gasteiger partial charge in [-0.2, -0.15) is 0 Å². The Morgan fingerprint density at radius 1 is 0.565 bits per heavy atom. The molecule has 0 aliphatic heterocycles. The number of hydrogen-bond acceptors (Lipinski definition) is 2. The molecule has 1 heterocycles. The third-order valence-corrected chi connectivity index (χ3v) is 4.05. The molecule has 110 valence electrons. The summed E-state index contributed by atoms with van der Waals surface area (Å²) in [6, 6.07) is 28.7. The number of pyridine rings is 1. The van der Waals surface area contributed by atoms with E-state index in [0.717, 1.165) is 33.2 Å². The van der Waals surface area contributed by atoms with Gasteiger partial charge in [-0.15, -0.1) is 0 Å². The van der Waals surface area contributed by atoms with E-state index in [9.17, 15) is 0 Å². The summed E-state index contributed by atoms with van der Waals surface area (Å²) in [4.78, 5) is 4.73. The van der Waals surface area contributed by atoms with Crippen molar-refractivity contribution in [2.45, 2.75) is 0 Å². The zero-order valence-corrected chi connectivity index (χ0v) is 12.6. The third-order valence-electron chi connectivity index (χ3n) is 4.05. The molecule has 0 spiro atoms. The molecule has 3 aromatic carbocycles. The van der Waals surface area contributed by atoms with Crippen molar-refractivity contribution in [1.82, 2.24) is 4.98 Å². The highest BCUT2D eigenvalue weighted by Crippen LogP contribution is 2.38. The Hall–Kier alpha value is -3.13. The molecule has 0 aliphatic carbocycles. The highest BCUT2D eigenvalue weighted by Gasteiger charge is 2.15. The SMILES string of the molecule is Nc1nc(-c2ccccc2)c(-c2ccccc2)c2ccccc12. The molecule has 0 unspecified atom stereocenters. The zero-order valence-electron chi connectivity index (χ0n) is 12.6. The molecule has 23 heavy (non-hydrogen) atoms. The molecule has 0 amide bonds. The summed E-state index contributed by atoms with van der Waals surface area (Å²) in [5.74, 6) is 0.569. The fraction of sp³-hybridized carbons (Fsp3) is 0. The number of hydrogen-bond donors (Lipinski definition) is 1. The van der Waals surface area contributed by atoms with Crippen LogP contribution in [0.2, 0.25) is 0 Å². The predicted octanol–water partition coefficient (Wildman–Crippen LogP) is 5.15. The number of rotatable bonds is 2. The fourth-order valence-corrected chi connectivity index (χ4v) is 2.99. The third kappa shape index (κ3) is 2.34. The maximum Gasteiger partial charge on any atom is 0.132 e. The maximum absolute atomic E-state index is 6.23. The summed E-state index contributed by atoms with van der Waals surface area (Å²) in [6.07, 6.45) is 0. The number of nitrogens with zero attached hydrogens (tertiary/aromatic N) is 1. The quantitative estimate of drug-likeness (QED) is 0.555. The highest BCUT2D eigenvalue weighted by atomic mass is 14.8. The Kier molecular flexibility index (Phi) is 3.28. The van der Waals surface area contributed by atoms with E-state index in [1.807, 2.05) is 42.5 Å². The second-order valence-electron chi connectivity index (χ2n) is 5.50. The van der Waals surface area contributed by atoms with E-state index in [0.29, 0.717) is 5.82 Å². The van der Waals surface area contributed by atoms with E-state index in [1.54, 1.807) is 0 Å². The first kappa shape index (κ1) is 13.5.